The van der Waals surface area contributed by atoms with Crippen LogP contribution in [0.3, 0.4) is 0 Å². The van der Waals surface area contributed by atoms with E-state index >= 15 is 0 Å². The molecule has 142 valence electrons. The van der Waals surface area contributed by atoms with Crippen molar-refractivity contribution in [3.63, 3.8) is 0 Å². The van der Waals surface area contributed by atoms with Crippen LogP contribution in [0, 0.1) is 17.8 Å². The fourth-order valence-electron chi connectivity index (χ4n) is 4.50. The summed E-state index contributed by atoms with van der Waals surface area (Å²) in [5.74, 6) is -0.789. The van der Waals surface area contributed by atoms with Crippen LogP contribution >= 0.6 is 15.9 Å². The van der Waals surface area contributed by atoms with Gasteiger partial charge in [-0.25, -0.2) is 4.79 Å². The number of methoxy groups -OCH3 is 1. The number of imide groups is 2. The Morgan fingerprint density at radius 2 is 2.07 bits per heavy atom. The molecule has 4 atom stereocenters. The van der Waals surface area contributed by atoms with E-state index in [1.54, 1.807) is 12.1 Å². The molecule has 0 aromatic heterocycles. The molecule has 2 bridgehead atoms. The Kier molecular flexibility index (Phi) is 4.75. The number of fused-ring (bicyclic) bond motifs is 2. The molecular weight excluding hydrogens is 414 g/mol. The van der Waals surface area contributed by atoms with Gasteiger partial charge in [0.15, 0.2) is 5.92 Å². The van der Waals surface area contributed by atoms with Crippen LogP contribution in [0.5, 0.6) is 5.75 Å². The number of barbiturate groups is 1. The molecule has 2 aliphatic carbocycles. The van der Waals surface area contributed by atoms with Gasteiger partial charge < -0.3 is 4.74 Å². The lowest BCUT2D eigenvalue weighted by Gasteiger charge is -2.36. The van der Waals surface area contributed by atoms with Crippen molar-refractivity contribution in [3.05, 3.63) is 22.7 Å². The van der Waals surface area contributed by atoms with Crippen molar-refractivity contribution < 1.29 is 19.1 Å². The van der Waals surface area contributed by atoms with Crippen LogP contribution in [0.15, 0.2) is 27.7 Å². The number of carbonyl (C=O) groups excluding carboxylic acids is 3. The van der Waals surface area contributed by atoms with Crippen LogP contribution in [0.2, 0.25) is 0 Å². The topological polar surface area (TPSA) is 88.1 Å². The third-order valence-electron chi connectivity index (χ3n) is 5.77. The monoisotopic (exact) mass is 433 g/mol. The van der Waals surface area contributed by atoms with Gasteiger partial charge in [0.05, 0.1) is 7.11 Å². The first-order chi connectivity index (χ1) is 13.0. The van der Waals surface area contributed by atoms with Crippen LogP contribution in [0.25, 0.3) is 0 Å². The van der Waals surface area contributed by atoms with E-state index < -0.39 is 23.8 Å². The normalized spacial score (nSPS) is 30.3. The second kappa shape index (κ2) is 7.07. The first-order valence-electron chi connectivity index (χ1n) is 9.03. The maximum Gasteiger partial charge on any atom is 0.331 e. The minimum Gasteiger partial charge on any atom is -0.494 e. The number of halogens is 1. The molecule has 1 N–H and O–H groups in total. The molecule has 0 spiro atoms. The van der Waals surface area contributed by atoms with E-state index in [0.29, 0.717) is 23.3 Å². The highest BCUT2D eigenvalue weighted by Gasteiger charge is 2.50. The van der Waals surface area contributed by atoms with Gasteiger partial charge in [-0.15, -0.1) is 0 Å². The number of ether oxygens (including phenoxy) is 1. The summed E-state index contributed by atoms with van der Waals surface area (Å²) in [7, 11) is 1.52. The van der Waals surface area contributed by atoms with E-state index in [1.807, 2.05) is 6.07 Å². The molecule has 7 nitrogen and oxygen atoms in total. The highest BCUT2D eigenvalue weighted by Crippen LogP contribution is 2.47. The predicted molar refractivity (Wildman–Crippen MR) is 102 cm³/mol. The van der Waals surface area contributed by atoms with Crippen molar-refractivity contribution in [1.82, 2.24) is 10.2 Å². The fraction of sp³-hybridized carbons (Fsp3) is 0.474. The first-order valence-corrected chi connectivity index (χ1v) is 9.83. The average Bonchev–Trinajstić information content (AvgIpc) is 3.25. The Morgan fingerprint density at radius 1 is 1.26 bits per heavy atom. The van der Waals surface area contributed by atoms with Gasteiger partial charge in [-0.3, -0.25) is 24.8 Å². The van der Waals surface area contributed by atoms with E-state index in [0.717, 1.165) is 30.2 Å². The molecule has 1 aliphatic heterocycles. The van der Waals surface area contributed by atoms with Crippen LogP contribution in [0.1, 0.15) is 25.7 Å². The van der Waals surface area contributed by atoms with Crippen molar-refractivity contribution in [1.29, 1.82) is 0 Å². The number of aliphatic imine (C=N–C) groups is 1. The van der Waals surface area contributed by atoms with Crippen molar-refractivity contribution in [2.45, 2.75) is 31.7 Å². The molecule has 0 radical (unpaired) electrons. The van der Waals surface area contributed by atoms with Gasteiger partial charge in [-0.05, 0) is 49.3 Å². The summed E-state index contributed by atoms with van der Waals surface area (Å²) in [5, 5.41) is 2.32. The summed E-state index contributed by atoms with van der Waals surface area (Å²) in [4.78, 5) is 43.1. The smallest absolute Gasteiger partial charge is 0.331 e. The van der Waals surface area contributed by atoms with Crippen LogP contribution < -0.4 is 10.1 Å². The molecule has 27 heavy (non-hydrogen) atoms. The predicted octanol–water partition coefficient (Wildman–Crippen LogP) is 3.04. The Bertz CT molecular complexity index is 840. The minimum absolute atomic E-state index is 0.111. The standard InChI is InChI=1S/C19H20BrN3O4/c1-27-16-5-4-12(20)8-14(16)21-9-13-17(24)22-19(26)23(18(13)25)15-7-10-2-3-11(15)6-10/h4-5,8-11,13,15H,2-3,6-7H2,1H3,(H,22,24,26)/t10-,11-,13+,15-/m0/s1. The highest BCUT2D eigenvalue weighted by molar-refractivity contribution is 9.10. The number of carbonyl (C=O) groups is 3. The third kappa shape index (κ3) is 3.26. The Morgan fingerprint density at radius 3 is 2.74 bits per heavy atom. The minimum atomic E-state index is -1.12. The zero-order valence-electron chi connectivity index (χ0n) is 14.9. The zero-order valence-corrected chi connectivity index (χ0v) is 16.4. The van der Waals surface area contributed by atoms with Gasteiger partial charge >= 0.3 is 6.03 Å². The van der Waals surface area contributed by atoms with E-state index in [4.69, 9.17) is 4.74 Å². The maximum absolute atomic E-state index is 13.0. The fourth-order valence-corrected chi connectivity index (χ4v) is 4.85. The second-order valence-electron chi connectivity index (χ2n) is 7.32. The number of nitrogens with one attached hydrogen (secondary N) is 1. The molecule has 8 heteroatoms. The number of nitrogens with zero attached hydrogens (tertiary/aromatic N) is 2. The molecule has 3 aliphatic rings. The van der Waals surface area contributed by atoms with E-state index in [9.17, 15) is 14.4 Å². The quantitative estimate of drug-likeness (QED) is 0.583. The number of amides is 4. The number of urea groups is 1. The van der Waals surface area contributed by atoms with E-state index in [-0.39, 0.29) is 6.04 Å². The molecular formula is C19H20BrN3O4. The summed E-state index contributed by atoms with van der Waals surface area (Å²) < 4.78 is 6.06. The molecule has 3 fully saturated rings. The summed E-state index contributed by atoms with van der Waals surface area (Å²) in [5.41, 5.74) is 0.496. The summed E-state index contributed by atoms with van der Waals surface area (Å²) in [6.45, 7) is 0. The summed E-state index contributed by atoms with van der Waals surface area (Å²) in [6.07, 6.45) is 5.39. The number of hydrogen-bond acceptors (Lipinski definition) is 5. The van der Waals surface area contributed by atoms with Crippen molar-refractivity contribution in [3.8, 4) is 5.75 Å². The molecule has 0 unspecified atom stereocenters. The summed E-state index contributed by atoms with van der Waals surface area (Å²) >= 11 is 3.37. The van der Waals surface area contributed by atoms with E-state index in [1.165, 1.54) is 18.2 Å². The Hall–Kier alpha value is -2.22. The van der Waals surface area contributed by atoms with Crippen LogP contribution in [-0.2, 0) is 9.59 Å². The van der Waals surface area contributed by atoms with Gasteiger partial charge in [0.1, 0.15) is 11.4 Å². The van der Waals surface area contributed by atoms with Gasteiger partial charge in [-0.2, -0.15) is 0 Å². The zero-order chi connectivity index (χ0) is 19.1. The van der Waals surface area contributed by atoms with Crippen LogP contribution in [0.4, 0.5) is 10.5 Å². The van der Waals surface area contributed by atoms with Crippen molar-refractivity contribution in [2.75, 3.05) is 7.11 Å². The Balaban J connectivity index is 1.59. The van der Waals surface area contributed by atoms with Gasteiger partial charge in [0, 0.05) is 16.7 Å². The highest BCUT2D eigenvalue weighted by atomic mass is 79.9. The molecule has 4 rings (SSSR count). The van der Waals surface area contributed by atoms with Gasteiger partial charge in [-0.1, -0.05) is 22.4 Å². The van der Waals surface area contributed by atoms with Crippen molar-refractivity contribution >= 4 is 45.7 Å². The van der Waals surface area contributed by atoms with Gasteiger partial charge in [0.2, 0.25) is 11.8 Å². The molecule has 1 heterocycles. The van der Waals surface area contributed by atoms with Crippen molar-refractivity contribution in [2.24, 2.45) is 22.7 Å². The number of benzene rings is 1. The van der Waals surface area contributed by atoms with E-state index in [2.05, 4.69) is 26.2 Å². The lowest BCUT2D eigenvalue weighted by Crippen LogP contribution is -2.62. The first kappa shape index (κ1) is 18.2. The molecule has 4 amide bonds. The summed E-state index contributed by atoms with van der Waals surface area (Å²) in [6, 6.07) is 4.57. The lowest BCUT2D eigenvalue weighted by atomic mass is 9.92. The SMILES string of the molecule is COc1ccc(Br)cc1N=C[C@@H]1C(=O)NC(=O)N([C@H]2C[C@H]3CC[C@H]2C3)C1=O. The van der Waals surface area contributed by atoms with Crippen LogP contribution in [-0.4, -0.2) is 42.1 Å². The maximum atomic E-state index is 13.0. The second-order valence-corrected chi connectivity index (χ2v) is 8.23. The average molecular weight is 434 g/mol. The lowest BCUT2D eigenvalue weighted by molar-refractivity contribution is -0.141. The molecule has 1 aromatic carbocycles. The number of hydrogen-bond donors (Lipinski definition) is 1. The number of rotatable bonds is 4. The third-order valence-corrected chi connectivity index (χ3v) is 6.26. The molecule has 1 saturated heterocycles. The van der Waals surface area contributed by atoms with Gasteiger partial charge in [0.25, 0.3) is 0 Å². The molecule has 2 saturated carbocycles. The largest absolute Gasteiger partial charge is 0.494 e. The Labute approximate surface area is 165 Å². The molecule has 1 aromatic rings.